The van der Waals surface area contributed by atoms with Crippen molar-refractivity contribution in [2.75, 3.05) is 25.1 Å². The molecule has 0 radical (unpaired) electrons. The molecule has 2 aromatic carbocycles. The van der Waals surface area contributed by atoms with E-state index in [-0.39, 0.29) is 5.89 Å². The fraction of sp³-hybridized carbons (Fsp3) is 0.286. The highest BCUT2D eigenvalue weighted by Gasteiger charge is 2.17. The average Bonchev–Trinajstić information content (AvgIpc) is 3.44. The summed E-state index contributed by atoms with van der Waals surface area (Å²) in [6.07, 6.45) is 2.47. The van der Waals surface area contributed by atoms with Gasteiger partial charge in [0.2, 0.25) is 5.82 Å². The minimum atomic E-state index is -0.407. The Bertz CT molecular complexity index is 946. The van der Waals surface area contributed by atoms with Gasteiger partial charge >= 0.3 is 11.8 Å². The maximum atomic E-state index is 12.3. The molecular weight excluding hydrogens is 356 g/mol. The first kappa shape index (κ1) is 18.0. The molecule has 1 aliphatic rings. The predicted molar refractivity (Wildman–Crippen MR) is 105 cm³/mol. The van der Waals surface area contributed by atoms with Crippen LogP contribution in [0.2, 0.25) is 0 Å². The van der Waals surface area contributed by atoms with E-state index in [2.05, 4.69) is 32.5 Å². The van der Waals surface area contributed by atoms with Gasteiger partial charge in [0, 0.05) is 30.9 Å². The van der Waals surface area contributed by atoms with Crippen LogP contribution in [0.3, 0.4) is 0 Å². The van der Waals surface area contributed by atoms with E-state index in [9.17, 15) is 4.79 Å². The molecule has 0 aliphatic carbocycles. The third-order valence-corrected chi connectivity index (χ3v) is 4.80. The van der Waals surface area contributed by atoms with Crippen LogP contribution in [0.4, 0.5) is 5.69 Å². The number of nitrogens with zero attached hydrogens (tertiary/aromatic N) is 3. The van der Waals surface area contributed by atoms with Crippen LogP contribution >= 0.6 is 0 Å². The molecule has 1 fully saturated rings. The Morgan fingerprint density at radius 3 is 2.71 bits per heavy atom. The first-order chi connectivity index (χ1) is 13.7. The number of benzene rings is 2. The van der Waals surface area contributed by atoms with Gasteiger partial charge in [-0.2, -0.15) is 4.98 Å². The van der Waals surface area contributed by atoms with Crippen molar-refractivity contribution in [2.24, 2.45) is 0 Å². The van der Waals surface area contributed by atoms with Crippen LogP contribution < -0.4 is 15.0 Å². The molecule has 1 aliphatic heterocycles. The van der Waals surface area contributed by atoms with Crippen LogP contribution in [-0.2, 0) is 6.54 Å². The molecule has 7 nitrogen and oxygen atoms in total. The average molecular weight is 378 g/mol. The Kier molecular flexibility index (Phi) is 5.23. The maximum Gasteiger partial charge on any atom is 0.316 e. The van der Waals surface area contributed by atoms with Gasteiger partial charge in [-0.25, -0.2) is 0 Å². The lowest BCUT2D eigenvalue weighted by molar-refractivity contribution is 0.0907. The van der Waals surface area contributed by atoms with Crippen LogP contribution in [0.15, 0.2) is 53.1 Å². The van der Waals surface area contributed by atoms with Crippen molar-refractivity contribution in [1.29, 1.82) is 0 Å². The van der Waals surface area contributed by atoms with Crippen molar-refractivity contribution in [3.8, 4) is 17.1 Å². The molecule has 0 spiro atoms. The standard InChI is InChI=1S/C21H22N4O3/c1-27-18-6-4-5-15(13-18)14-22-20(26)21-23-19(24-28-21)16-7-9-17(10-8-16)25-11-2-3-12-25/h4-10,13H,2-3,11-12,14H2,1H3,(H,22,26). The number of nitrogens with one attached hydrogen (secondary N) is 1. The summed E-state index contributed by atoms with van der Waals surface area (Å²) >= 11 is 0. The van der Waals surface area contributed by atoms with Gasteiger partial charge in [0.25, 0.3) is 0 Å². The molecule has 28 heavy (non-hydrogen) atoms. The maximum absolute atomic E-state index is 12.3. The number of carbonyl (C=O) groups is 1. The minimum Gasteiger partial charge on any atom is -0.497 e. The largest absolute Gasteiger partial charge is 0.497 e. The van der Waals surface area contributed by atoms with Crippen LogP contribution in [0, 0.1) is 0 Å². The summed E-state index contributed by atoms with van der Waals surface area (Å²) in [7, 11) is 1.61. The third-order valence-electron chi connectivity index (χ3n) is 4.80. The number of amides is 1. The third kappa shape index (κ3) is 3.98. The van der Waals surface area contributed by atoms with Gasteiger partial charge in [-0.05, 0) is 54.8 Å². The zero-order chi connectivity index (χ0) is 19.3. The van der Waals surface area contributed by atoms with Gasteiger partial charge in [-0.3, -0.25) is 4.79 Å². The lowest BCUT2D eigenvalue weighted by Crippen LogP contribution is -2.23. The van der Waals surface area contributed by atoms with Gasteiger partial charge in [0.15, 0.2) is 0 Å². The van der Waals surface area contributed by atoms with Crippen molar-refractivity contribution in [3.63, 3.8) is 0 Å². The Morgan fingerprint density at radius 2 is 1.96 bits per heavy atom. The number of ether oxygens (including phenoxy) is 1. The molecule has 0 bridgehead atoms. The van der Waals surface area contributed by atoms with Gasteiger partial charge < -0.3 is 19.5 Å². The van der Waals surface area contributed by atoms with Crippen molar-refractivity contribution in [2.45, 2.75) is 19.4 Å². The number of carbonyl (C=O) groups excluding carboxylic acids is 1. The molecule has 7 heteroatoms. The Labute approximate surface area is 163 Å². The SMILES string of the molecule is COc1cccc(CNC(=O)c2nc(-c3ccc(N4CCCC4)cc3)no2)c1. The number of methoxy groups -OCH3 is 1. The predicted octanol–water partition coefficient (Wildman–Crippen LogP) is 3.28. The molecule has 1 amide bonds. The van der Waals surface area contributed by atoms with E-state index in [4.69, 9.17) is 9.26 Å². The fourth-order valence-electron chi connectivity index (χ4n) is 3.27. The normalized spacial score (nSPS) is 13.5. The topological polar surface area (TPSA) is 80.5 Å². The number of anilines is 1. The summed E-state index contributed by atoms with van der Waals surface area (Å²) in [4.78, 5) is 18.9. The van der Waals surface area contributed by atoms with E-state index >= 15 is 0 Å². The monoisotopic (exact) mass is 378 g/mol. The van der Waals surface area contributed by atoms with Crippen LogP contribution in [0.5, 0.6) is 5.75 Å². The quantitative estimate of drug-likeness (QED) is 0.709. The molecule has 1 aromatic heterocycles. The summed E-state index contributed by atoms with van der Waals surface area (Å²) in [6.45, 7) is 2.54. The van der Waals surface area contributed by atoms with Gasteiger partial charge in [0.05, 0.1) is 7.11 Å². The van der Waals surface area contributed by atoms with E-state index < -0.39 is 5.91 Å². The van der Waals surface area contributed by atoms with Crippen molar-refractivity contribution in [1.82, 2.24) is 15.5 Å². The summed E-state index contributed by atoms with van der Waals surface area (Å²) in [5.41, 5.74) is 2.93. The summed E-state index contributed by atoms with van der Waals surface area (Å²) in [5.74, 6) is 0.681. The molecular formula is C21H22N4O3. The highest BCUT2D eigenvalue weighted by Crippen LogP contribution is 2.24. The molecule has 0 unspecified atom stereocenters. The Hall–Kier alpha value is -3.35. The van der Waals surface area contributed by atoms with E-state index in [1.165, 1.54) is 18.5 Å². The van der Waals surface area contributed by atoms with Crippen LogP contribution in [0.1, 0.15) is 29.1 Å². The minimum absolute atomic E-state index is 0.0542. The first-order valence-electron chi connectivity index (χ1n) is 9.33. The Morgan fingerprint density at radius 1 is 1.18 bits per heavy atom. The fourth-order valence-corrected chi connectivity index (χ4v) is 3.27. The molecule has 144 valence electrons. The van der Waals surface area contributed by atoms with E-state index in [0.717, 1.165) is 30.0 Å². The smallest absolute Gasteiger partial charge is 0.316 e. The first-order valence-corrected chi connectivity index (χ1v) is 9.33. The molecule has 0 saturated carbocycles. The number of rotatable bonds is 6. The van der Waals surface area contributed by atoms with Crippen molar-refractivity contribution >= 4 is 11.6 Å². The van der Waals surface area contributed by atoms with Crippen LogP contribution in [-0.4, -0.2) is 36.2 Å². The van der Waals surface area contributed by atoms with Crippen LogP contribution in [0.25, 0.3) is 11.4 Å². The Balaban J connectivity index is 1.39. The van der Waals surface area contributed by atoms with E-state index in [1.807, 2.05) is 36.4 Å². The zero-order valence-corrected chi connectivity index (χ0v) is 15.7. The van der Waals surface area contributed by atoms with E-state index in [0.29, 0.717) is 12.4 Å². The molecule has 0 atom stereocenters. The summed E-state index contributed by atoms with van der Waals surface area (Å²) in [5, 5.41) is 6.72. The van der Waals surface area contributed by atoms with Crippen molar-refractivity contribution < 1.29 is 14.1 Å². The number of hydrogen-bond donors (Lipinski definition) is 1. The summed E-state index contributed by atoms with van der Waals surface area (Å²) < 4.78 is 10.3. The molecule has 1 saturated heterocycles. The highest BCUT2D eigenvalue weighted by molar-refractivity contribution is 5.89. The molecule has 4 rings (SSSR count). The second-order valence-corrected chi connectivity index (χ2v) is 6.70. The molecule has 3 aromatic rings. The molecule has 2 heterocycles. The van der Waals surface area contributed by atoms with Crippen molar-refractivity contribution in [3.05, 3.63) is 60.0 Å². The second kappa shape index (κ2) is 8.12. The number of hydrogen-bond acceptors (Lipinski definition) is 6. The second-order valence-electron chi connectivity index (χ2n) is 6.70. The van der Waals surface area contributed by atoms with Gasteiger partial charge in [0.1, 0.15) is 5.75 Å². The van der Waals surface area contributed by atoms with E-state index in [1.54, 1.807) is 7.11 Å². The lowest BCUT2D eigenvalue weighted by Gasteiger charge is -2.17. The molecule has 1 N–H and O–H groups in total. The highest BCUT2D eigenvalue weighted by atomic mass is 16.5. The zero-order valence-electron chi connectivity index (χ0n) is 15.7. The summed E-state index contributed by atoms with van der Waals surface area (Å²) in [6, 6.07) is 15.5. The van der Waals surface area contributed by atoms with Gasteiger partial charge in [-0.1, -0.05) is 17.3 Å². The lowest BCUT2D eigenvalue weighted by atomic mass is 10.2. The van der Waals surface area contributed by atoms with Gasteiger partial charge in [-0.15, -0.1) is 0 Å². The number of aromatic nitrogens is 2.